The molecule has 1 aromatic carbocycles. The first-order valence-electron chi connectivity index (χ1n) is 5.77. The molecule has 1 aliphatic heterocycles. The zero-order valence-electron chi connectivity index (χ0n) is 9.11. The molecule has 1 saturated heterocycles. The summed E-state index contributed by atoms with van der Waals surface area (Å²) < 4.78 is 5.39. The largest absolute Gasteiger partial charge is 0.381 e. The maximum Gasteiger partial charge on any atom is 0.0535 e. The zero-order chi connectivity index (χ0) is 10.5. The summed E-state index contributed by atoms with van der Waals surface area (Å²) in [4.78, 5) is 0. The van der Waals surface area contributed by atoms with Crippen LogP contribution in [0.25, 0.3) is 0 Å². The minimum atomic E-state index is 0.619. The van der Waals surface area contributed by atoms with Crippen molar-refractivity contribution < 1.29 is 4.74 Å². The first kappa shape index (κ1) is 10.7. The van der Waals surface area contributed by atoms with Gasteiger partial charge in [0.2, 0.25) is 0 Å². The molecule has 2 heteroatoms. The van der Waals surface area contributed by atoms with Crippen molar-refractivity contribution in [3.8, 4) is 0 Å². The lowest BCUT2D eigenvalue weighted by atomic mass is 9.97. The van der Waals surface area contributed by atoms with Gasteiger partial charge in [-0.05, 0) is 36.9 Å². The van der Waals surface area contributed by atoms with Gasteiger partial charge < -0.3 is 10.5 Å². The lowest BCUT2D eigenvalue weighted by Crippen LogP contribution is -2.01. The monoisotopic (exact) mass is 205 g/mol. The van der Waals surface area contributed by atoms with Crippen LogP contribution in [-0.2, 0) is 11.2 Å². The van der Waals surface area contributed by atoms with Crippen LogP contribution in [0.1, 0.15) is 29.9 Å². The van der Waals surface area contributed by atoms with E-state index in [4.69, 9.17) is 10.5 Å². The van der Waals surface area contributed by atoms with Gasteiger partial charge in [0.1, 0.15) is 0 Å². The van der Waals surface area contributed by atoms with Crippen molar-refractivity contribution in [3.05, 3.63) is 35.4 Å². The minimum Gasteiger partial charge on any atom is -0.381 e. The van der Waals surface area contributed by atoms with Gasteiger partial charge in [-0.2, -0.15) is 0 Å². The van der Waals surface area contributed by atoms with Crippen molar-refractivity contribution in [3.63, 3.8) is 0 Å². The maximum absolute atomic E-state index is 5.49. The average Bonchev–Trinajstić information content (AvgIpc) is 2.80. The number of hydrogen-bond donors (Lipinski definition) is 1. The molecule has 2 N–H and O–H groups in total. The third kappa shape index (κ3) is 2.80. The Bertz CT molecular complexity index is 288. The van der Waals surface area contributed by atoms with Crippen molar-refractivity contribution in [2.45, 2.75) is 25.2 Å². The molecule has 0 aromatic heterocycles. The van der Waals surface area contributed by atoms with Crippen LogP contribution in [0.2, 0.25) is 0 Å². The smallest absolute Gasteiger partial charge is 0.0535 e. The van der Waals surface area contributed by atoms with Crippen LogP contribution in [0, 0.1) is 0 Å². The second-order valence-corrected chi connectivity index (χ2v) is 4.19. The van der Waals surface area contributed by atoms with Crippen molar-refractivity contribution >= 4 is 0 Å². The van der Waals surface area contributed by atoms with Gasteiger partial charge >= 0.3 is 0 Å². The van der Waals surface area contributed by atoms with Gasteiger partial charge in [0.05, 0.1) is 6.61 Å². The summed E-state index contributed by atoms with van der Waals surface area (Å²) in [5, 5.41) is 0. The molecule has 0 radical (unpaired) electrons. The predicted molar refractivity (Wildman–Crippen MR) is 62.0 cm³/mol. The molecule has 1 heterocycles. The van der Waals surface area contributed by atoms with E-state index >= 15 is 0 Å². The summed E-state index contributed by atoms with van der Waals surface area (Å²) in [6.45, 7) is 2.58. The second-order valence-electron chi connectivity index (χ2n) is 4.19. The Labute approximate surface area is 91.4 Å². The third-order valence-electron chi connectivity index (χ3n) is 3.05. The van der Waals surface area contributed by atoms with E-state index in [1.807, 2.05) is 0 Å². The second kappa shape index (κ2) is 5.29. The normalized spacial score (nSPS) is 20.7. The average molecular weight is 205 g/mol. The van der Waals surface area contributed by atoms with Gasteiger partial charge in [-0.25, -0.2) is 0 Å². The molecular formula is C13H19NO. The maximum atomic E-state index is 5.49. The van der Waals surface area contributed by atoms with Crippen LogP contribution >= 0.6 is 0 Å². The Morgan fingerprint density at radius 1 is 1.27 bits per heavy atom. The Kier molecular flexibility index (Phi) is 3.75. The summed E-state index contributed by atoms with van der Waals surface area (Å²) in [6.07, 6.45) is 3.34. The van der Waals surface area contributed by atoms with Crippen molar-refractivity contribution in [2.24, 2.45) is 5.73 Å². The van der Waals surface area contributed by atoms with Crippen molar-refractivity contribution in [1.82, 2.24) is 0 Å². The highest BCUT2D eigenvalue weighted by atomic mass is 16.5. The predicted octanol–water partition coefficient (Wildman–Crippen LogP) is 2.08. The summed E-state index contributed by atoms with van der Waals surface area (Å²) in [7, 11) is 0. The lowest BCUT2D eigenvalue weighted by Gasteiger charge is -2.08. The highest BCUT2D eigenvalue weighted by molar-refractivity contribution is 5.26. The van der Waals surface area contributed by atoms with E-state index in [1.54, 1.807) is 0 Å². The zero-order valence-corrected chi connectivity index (χ0v) is 9.11. The Morgan fingerprint density at radius 3 is 2.67 bits per heavy atom. The summed E-state index contributed by atoms with van der Waals surface area (Å²) >= 11 is 0. The fraction of sp³-hybridized carbons (Fsp3) is 0.538. The van der Waals surface area contributed by atoms with Crippen LogP contribution in [0.3, 0.4) is 0 Å². The first-order chi connectivity index (χ1) is 7.40. The van der Waals surface area contributed by atoms with Gasteiger partial charge in [0, 0.05) is 12.5 Å². The van der Waals surface area contributed by atoms with Crippen LogP contribution in [-0.4, -0.2) is 19.8 Å². The topological polar surface area (TPSA) is 35.2 Å². The van der Waals surface area contributed by atoms with Gasteiger partial charge in [-0.3, -0.25) is 0 Å². The van der Waals surface area contributed by atoms with Gasteiger partial charge in [-0.15, -0.1) is 0 Å². The highest BCUT2D eigenvalue weighted by Gasteiger charge is 2.16. The van der Waals surface area contributed by atoms with E-state index in [0.29, 0.717) is 5.92 Å². The quantitative estimate of drug-likeness (QED) is 0.816. The summed E-state index contributed by atoms with van der Waals surface area (Å²) in [6, 6.07) is 8.93. The molecule has 0 bridgehead atoms. The van der Waals surface area contributed by atoms with E-state index in [2.05, 4.69) is 24.3 Å². The number of nitrogens with two attached hydrogens (primary N) is 1. The van der Waals surface area contributed by atoms with Gasteiger partial charge in [-0.1, -0.05) is 24.3 Å². The van der Waals surface area contributed by atoms with E-state index in [0.717, 1.165) is 32.6 Å². The van der Waals surface area contributed by atoms with E-state index in [9.17, 15) is 0 Å². The highest BCUT2D eigenvalue weighted by Crippen LogP contribution is 2.25. The molecule has 2 rings (SSSR count). The number of hydrogen-bond acceptors (Lipinski definition) is 2. The van der Waals surface area contributed by atoms with Gasteiger partial charge in [0.25, 0.3) is 0 Å². The SMILES string of the molecule is NCCCc1ccc(C2CCOC2)cc1. The molecule has 0 aliphatic carbocycles. The third-order valence-corrected chi connectivity index (χ3v) is 3.05. The van der Waals surface area contributed by atoms with Crippen molar-refractivity contribution in [2.75, 3.05) is 19.8 Å². The Hall–Kier alpha value is -0.860. The molecule has 15 heavy (non-hydrogen) atoms. The van der Waals surface area contributed by atoms with E-state index < -0.39 is 0 Å². The standard InChI is InChI=1S/C13H19NO/c14-8-1-2-11-3-5-12(6-4-11)13-7-9-15-10-13/h3-6,13H,1-2,7-10,14H2. The molecule has 82 valence electrons. The molecule has 1 aliphatic rings. The van der Waals surface area contributed by atoms with Crippen LogP contribution in [0.5, 0.6) is 0 Å². The molecule has 1 fully saturated rings. The Balaban J connectivity index is 1.96. The molecule has 1 unspecified atom stereocenters. The van der Waals surface area contributed by atoms with Crippen LogP contribution in [0.4, 0.5) is 0 Å². The number of benzene rings is 1. The summed E-state index contributed by atoms with van der Waals surface area (Å²) in [5.74, 6) is 0.619. The number of aryl methyl sites for hydroxylation is 1. The molecule has 0 amide bonds. The molecule has 0 spiro atoms. The number of ether oxygens (including phenoxy) is 1. The first-order valence-corrected chi connectivity index (χ1v) is 5.77. The molecule has 1 aromatic rings. The molecular weight excluding hydrogens is 186 g/mol. The molecule has 0 saturated carbocycles. The van der Waals surface area contributed by atoms with Crippen molar-refractivity contribution in [1.29, 1.82) is 0 Å². The van der Waals surface area contributed by atoms with Crippen LogP contribution < -0.4 is 5.73 Å². The van der Waals surface area contributed by atoms with Gasteiger partial charge in [0.15, 0.2) is 0 Å². The van der Waals surface area contributed by atoms with E-state index in [-0.39, 0.29) is 0 Å². The van der Waals surface area contributed by atoms with Crippen LogP contribution in [0.15, 0.2) is 24.3 Å². The minimum absolute atomic E-state index is 0.619. The number of rotatable bonds is 4. The molecule has 1 atom stereocenters. The Morgan fingerprint density at radius 2 is 2.07 bits per heavy atom. The van der Waals surface area contributed by atoms with E-state index in [1.165, 1.54) is 17.5 Å². The summed E-state index contributed by atoms with van der Waals surface area (Å²) in [5.41, 5.74) is 8.30. The molecule has 2 nitrogen and oxygen atoms in total. The lowest BCUT2D eigenvalue weighted by molar-refractivity contribution is 0.194. The fourth-order valence-corrected chi connectivity index (χ4v) is 2.06. The fourth-order valence-electron chi connectivity index (χ4n) is 2.06.